The van der Waals surface area contributed by atoms with Crippen LogP contribution in [-0.2, 0) is 4.79 Å². The largest absolute Gasteiger partial charge is 0.496 e. The zero-order chi connectivity index (χ0) is 12.3. The summed E-state index contributed by atoms with van der Waals surface area (Å²) in [6.07, 6.45) is 4.57. The lowest BCUT2D eigenvalue weighted by molar-refractivity contribution is -0.120. The van der Waals surface area contributed by atoms with E-state index in [9.17, 15) is 4.79 Å². The molecule has 1 aromatic rings. The van der Waals surface area contributed by atoms with Crippen LogP contribution in [0, 0.1) is 5.92 Å². The average molecular weight is 233 g/mol. The maximum absolute atomic E-state index is 11.7. The Labute approximate surface area is 102 Å². The van der Waals surface area contributed by atoms with E-state index in [1.54, 1.807) is 7.11 Å². The molecular formula is C14H19NO2. The lowest BCUT2D eigenvalue weighted by Gasteiger charge is -2.22. The zero-order valence-electron chi connectivity index (χ0n) is 10.2. The number of benzene rings is 1. The van der Waals surface area contributed by atoms with Crippen LogP contribution in [0.4, 0.5) is 0 Å². The Bertz CT molecular complexity index is 397. The molecule has 0 saturated heterocycles. The summed E-state index contributed by atoms with van der Waals surface area (Å²) in [5, 5.41) is 0. The Balaban J connectivity index is 2.34. The minimum atomic E-state index is -0.235. The molecule has 17 heavy (non-hydrogen) atoms. The number of para-hydroxylation sites is 1. The van der Waals surface area contributed by atoms with Gasteiger partial charge in [-0.1, -0.05) is 31.0 Å². The SMILES string of the molecule is COc1ccccc1C(C(N)=O)C1CCCC1. The number of amides is 1. The molecule has 0 aromatic heterocycles. The van der Waals surface area contributed by atoms with Crippen molar-refractivity contribution in [2.24, 2.45) is 11.7 Å². The predicted molar refractivity (Wildman–Crippen MR) is 66.9 cm³/mol. The van der Waals surface area contributed by atoms with Crippen molar-refractivity contribution in [3.63, 3.8) is 0 Å². The highest BCUT2D eigenvalue weighted by molar-refractivity contribution is 5.83. The van der Waals surface area contributed by atoms with Crippen molar-refractivity contribution in [3.05, 3.63) is 29.8 Å². The van der Waals surface area contributed by atoms with Crippen LogP contribution in [0.15, 0.2) is 24.3 Å². The number of hydrogen-bond donors (Lipinski definition) is 1. The van der Waals surface area contributed by atoms with E-state index < -0.39 is 0 Å². The van der Waals surface area contributed by atoms with E-state index in [2.05, 4.69) is 0 Å². The van der Waals surface area contributed by atoms with Crippen LogP contribution in [-0.4, -0.2) is 13.0 Å². The van der Waals surface area contributed by atoms with Crippen molar-refractivity contribution in [1.82, 2.24) is 0 Å². The minimum absolute atomic E-state index is 0.200. The quantitative estimate of drug-likeness (QED) is 0.868. The van der Waals surface area contributed by atoms with Gasteiger partial charge >= 0.3 is 0 Å². The molecule has 0 bridgehead atoms. The Morgan fingerprint density at radius 2 is 2.00 bits per heavy atom. The molecule has 1 atom stereocenters. The lowest BCUT2D eigenvalue weighted by atomic mass is 9.84. The second-order valence-electron chi connectivity index (χ2n) is 4.67. The van der Waals surface area contributed by atoms with Gasteiger partial charge in [-0.15, -0.1) is 0 Å². The summed E-state index contributed by atoms with van der Waals surface area (Å²) in [6, 6.07) is 7.69. The molecule has 1 aliphatic rings. The highest BCUT2D eigenvalue weighted by Gasteiger charge is 2.32. The van der Waals surface area contributed by atoms with Gasteiger partial charge in [0.2, 0.25) is 5.91 Å². The summed E-state index contributed by atoms with van der Waals surface area (Å²) >= 11 is 0. The minimum Gasteiger partial charge on any atom is -0.496 e. The fraction of sp³-hybridized carbons (Fsp3) is 0.500. The third-order valence-electron chi connectivity index (χ3n) is 3.65. The summed E-state index contributed by atoms with van der Waals surface area (Å²) in [4.78, 5) is 11.7. The molecule has 1 unspecified atom stereocenters. The van der Waals surface area contributed by atoms with Crippen LogP contribution < -0.4 is 10.5 Å². The molecule has 1 aromatic carbocycles. The fourth-order valence-electron chi connectivity index (χ4n) is 2.85. The van der Waals surface area contributed by atoms with Crippen LogP contribution >= 0.6 is 0 Å². The number of nitrogens with two attached hydrogens (primary N) is 1. The van der Waals surface area contributed by atoms with Crippen molar-refractivity contribution >= 4 is 5.91 Å². The molecule has 0 heterocycles. The monoisotopic (exact) mass is 233 g/mol. The summed E-state index contributed by atoms with van der Waals surface area (Å²) in [7, 11) is 1.63. The number of methoxy groups -OCH3 is 1. The predicted octanol–water partition coefficient (Wildman–Crippen LogP) is 2.45. The first-order chi connectivity index (χ1) is 8.24. The van der Waals surface area contributed by atoms with Gasteiger partial charge in [0.15, 0.2) is 0 Å². The first kappa shape index (κ1) is 12.0. The first-order valence-electron chi connectivity index (χ1n) is 6.16. The molecule has 0 aliphatic heterocycles. The first-order valence-corrected chi connectivity index (χ1v) is 6.16. The molecule has 1 amide bonds. The number of rotatable bonds is 4. The Morgan fingerprint density at radius 3 is 2.59 bits per heavy atom. The highest BCUT2D eigenvalue weighted by atomic mass is 16.5. The molecule has 1 fully saturated rings. The average Bonchev–Trinajstić information content (AvgIpc) is 2.83. The molecule has 2 N–H and O–H groups in total. The van der Waals surface area contributed by atoms with Crippen molar-refractivity contribution in [2.75, 3.05) is 7.11 Å². The van der Waals surface area contributed by atoms with Crippen LogP contribution in [0.1, 0.15) is 37.2 Å². The van der Waals surface area contributed by atoms with E-state index in [4.69, 9.17) is 10.5 Å². The van der Waals surface area contributed by atoms with Crippen molar-refractivity contribution in [1.29, 1.82) is 0 Å². The number of primary amides is 1. The molecule has 3 nitrogen and oxygen atoms in total. The molecule has 1 aliphatic carbocycles. The van der Waals surface area contributed by atoms with Gasteiger partial charge in [0.05, 0.1) is 13.0 Å². The Morgan fingerprint density at radius 1 is 1.35 bits per heavy atom. The van der Waals surface area contributed by atoms with Crippen molar-refractivity contribution in [3.8, 4) is 5.75 Å². The van der Waals surface area contributed by atoms with E-state index in [1.807, 2.05) is 24.3 Å². The van der Waals surface area contributed by atoms with Crippen LogP contribution in [0.3, 0.4) is 0 Å². The van der Waals surface area contributed by atoms with Gasteiger partial charge in [0.25, 0.3) is 0 Å². The van der Waals surface area contributed by atoms with E-state index in [0.717, 1.165) is 24.2 Å². The number of carbonyl (C=O) groups excluding carboxylic acids is 1. The highest BCUT2D eigenvalue weighted by Crippen LogP contribution is 2.40. The molecule has 3 heteroatoms. The molecular weight excluding hydrogens is 214 g/mol. The van der Waals surface area contributed by atoms with Gasteiger partial charge in [0.1, 0.15) is 5.75 Å². The van der Waals surface area contributed by atoms with Gasteiger partial charge in [-0.25, -0.2) is 0 Å². The van der Waals surface area contributed by atoms with Gasteiger partial charge in [-0.3, -0.25) is 4.79 Å². The lowest BCUT2D eigenvalue weighted by Crippen LogP contribution is -2.27. The Kier molecular flexibility index (Phi) is 3.67. The van der Waals surface area contributed by atoms with Gasteiger partial charge in [0, 0.05) is 5.56 Å². The summed E-state index contributed by atoms with van der Waals surface area (Å²) < 4.78 is 5.33. The third-order valence-corrected chi connectivity index (χ3v) is 3.65. The van der Waals surface area contributed by atoms with E-state index in [-0.39, 0.29) is 11.8 Å². The van der Waals surface area contributed by atoms with Crippen LogP contribution in [0.5, 0.6) is 5.75 Å². The van der Waals surface area contributed by atoms with Gasteiger partial charge in [-0.2, -0.15) is 0 Å². The van der Waals surface area contributed by atoms with E-state index in [0.29, 0.717) is 5.92 Å². The molecule has 92 valence electrons. The van der Waals surface area contributed by atoms with Crippen LogP contribution in [0.2, 0.25) is 0 Å². The summed E-state index contributed by atoms with van der Waals surface area (Å²) in [5.41, 5.74) is 6.52. The smallest absolute Gasteiger partial charge is 0.225 e. The van der Waals surface area contributed by atoms with E-state index in [1.165, 1.54) is 12.8 Å². The normalized spacial score (nSPS) is 17.9. The number of carbonyl (C=O) groups is 1. The second kappa shape index (κ2) is 5.21. The van der Waals surface area contributed by atoms with Gasteiger partial charge < -0.3 is 10.5 Å². The van der Waals surface area contributed by atoms with E-state index >= 15 is 0 Å². The summed E-state index contributed by atoms with van der Waals surface area (Å²) in [6.45, 7) is 0. The van der Waals surface area contributed by atoms with Gasteiger partial charge in [-0.05, 0) is 24.8 Å². The van der Waals surface area contributed by atoms with Crippen LogP contribution in [0.25, 0.3) is 0 Å². The topological polar surface area (TPSA) is 52.3 Å². The molecule has 0 spiro atoms. The van der Waals surface area contributed by atoms with Crippen molar-refractivity contribution < 1.29 is 9.53 Å². The molecule has 2 rings (SSSR count). The number of ether oxygens (including phenoxy) is 1. The standard InChI is InChI=1S/C14H19NO2/c1-17-12-9-5-4-8-11(12)13(14(15)16)10-6-2-3-7-10/h4-5,8-10,13H,2-3,6-7H2,1H3,(H2,15,16). The third kappa shape index (κ3) is 2.43. The fourth-order valence-corrected chi connectivity index (χ4v) is 2.85. The number of hydrogen-bond acceptors (Lipinski definition) is 2. The Hall–Kier alpha value is -1.51. The summed E-state index contributed by atoms with van der Waals surface area (Å²) in [5.74, 6) is 0.710. The van der Waals surface area contributed by atoms with Crippen molar-refractivity contribution in [2.45, 2.75) is 31.6 Å². The molecule has 0 radical (unpaired) electrons. The maximum atomic E-state index is 11.7. The molecule has 1 saturated carbocycles. The zero-order valence-corrected chi connectivity index (χ0v) is 10.2. The second-order valence-corrected chi connectivity index (χ2v) is 4.67. The maximum Gasteiger partial charge on any atom is 0.225 e.